The molecule has 35 heavy (non-hydrogen) atoms. The number of carboxylic acids is 1. The maximum atomic E-state index is 11.9. The van der Waals surface area contributed by atoms with Gasteiger partial charge in [-0.3, -0.25) is 9.59 Å². The normalized spacial score (nSPS) is 39.0. The van der Waals surface area contributed by atoms with Gasteiger partial charge in [0.25, 0.3) is 5.91 Å². The first-order valence-electron chi connectivity index (χ1n) is 13.2. The van der Waals surface area contributed by atoms with E-state index in [9.17, 15) is 14.7 Å². The predicted molar refractivity (Wildman–Crippen MR) is 133 cm³/mol. The number of carbonyl (C=O) groups excluding carboxylic acids is 1. The molecule has 0 aromatic carbocycles. The van der Waals surface area contributed by atoms with Gasteiger partial charge in [0.1, 0.15) is 5.60 Å². The molecule has 0 radical (unpaired) electrons. The van der Waals surface area contributed by atoms with E-state index in [4.69, 9.17) is 16.4 Å². The molecule has 3 N–H and O–H groups in total. The number of terminal acetylenes is 1. The molecule has 7 heteroatoms. The van der Waals surface area contributed by atoms with Crippen LogP contribution in [0.15, 0.2) is 16.8 Å². The highest BCUT2D eigenvalue weighted by Gasteiger charge is 2.63. The number of allylic oxidation sites excluding steroid dienone is 2. The van der Waals surface area contributed by atoms with Crippen LogP contribution in [-0.2, 0) is 14.4 Å². The Labute approximate surface area is 208 Å². The van der Waals surface area contributed by atoms with Gasteiger partial charge < -0.3 is 20.4 Å². The molecule has 0 unspecified atom stereocenters. The standard InChI is InChI=1S/C28H40N2O5/c1-4-28(34)15-12-23-21-9-8-19-17-20(10-13-26(19,2)22(21)11-14-27(23,28)3)30-35-18-24(31)29-16-6-5-7-25(32)33/h1,17,21-23,34H,5-16,18H2,2-3H3,(H,29,31)(H,32,33)/b30-20+/t21-,22+,23+,26-,27-,28-/m0/s1. The summed E-state index contributed by atoms with van der Waals surface area (Å²) in [4.78, 5) is 27.8. The van der Waals surface area contributed by atoms with Gasteiger partial charge >= 0.3 is 5.97 Å². The first-order chi connectivity index (χ1) is 16.6. The lowest BCUT2D eigenvalue weighted by Crippen LogP contribution is -2.54. The number of aliphatic carboxylic acids is 1. The molecule has 0 bridgehead atoms. The van der Waals surface area contributed by atoms with Crippen molar-refractivity contribution in [1.82, 2.24) is 5.32 Å². The van der Waals surface area contributed by atoms with Gasteiger partial charge in [0.15, 0.2) is 6.61 Å². The Morgan fingerprint density at radius 2 is 1.94 bits per heavy atom. The van der Waals surface area contributed by atoms with Crippen molar-refractivity contribution in [3.63, 3.8) is 0 Å². The Hall–Kier alpha value is -2.33. The van der Waals surface area contributed by atoms with Crippen molar-refractivity contribution in [2.24, 2.45) is 33.7 Å². The minimum absolute atomic E-state index is 0.113. The van der Waals surface area contributed by atoms with Crippen molar-refractivity contribution >= 4 is 17.6 Å². The molecular weight excluding hydrogens is 444 g/mol. The highest BCUT2D eigenvalue weighted by Crippen LogP contribution is 2.67. The number of unbranched alkanes of at least 4 members (excludes halogenated alkanes) is 1. The Morgan fingerprint density at radius 1 is 1.17 bits per heavy atom. The smallest absolute Gasteiger partial charge is 0.303 e. The zero-order valence-corrected chi connectivity index (χ0v) is 21.1. The highest BCUT2D eigenvalue weighted by atomic mass is 16.6. The summed E-state index contributed by atoms with van der Waals surface area (Å²) in [6, 6.07) is 0. The van der Waals surface area contributed by atoms with E-state index >= 15 is 0 Å². The summed E-state index contributed by atoms with van der Waals surface area (Å²) >= 11 is 0. The number of oxime groups is 1. The Morgan fingerprint density at radius 3 is 2.69 bits per heavy atom. The van der Waals surface area contributed by atoms with E-state index < -0.39 is 11.6 Å². The van der Waals surface area contributed by atoms with Crippen molar-refractivity contribution in [3.05, 3.63) is 11.6 Å². The van der Waals surface area contributed by atoms with E-state index in [0.717, 1.165) is 57.1 Å². The molecular formula is C28H40N2O5. The molecule has 0 spiro atoms. The third-order valence-electron chi connectivity index (χ3n) is 9.88. The number of nitrogens with zero attached hydrogens (tertiary/aromatic N) is 1. The third kappa shape index (κ3) is 4.74. The average molecular weight is 485 g/mol. The summed E-state index contributed by atoms with van der Waals surface area (Å²) in [7, 11) is 0. The first kappa shape index (κ1) is 25.8. The second-order valence-electron chi connectivity index (χ2n) is 11.6. The fourth-order valence-corrected chi connectivity index (χ4v) is 7.75. The minimum Gasteiger partial charge on any atom is -0.481 e. The number of rotatable bonds is 8. The van der Waals surface area contributed by atoms with Crippen molar-refractivity contribution < 1.29 is 24.6 Å². The van der Waals surface area contributed by atoms with Crippen molar-refractivity contribution in [3.8, 4) is 12.3 Å². The van der Waals surface area contributed by atoms with Gasteiger partial charge in [-0.1, -0.05) is 30.5 Å². The molecule has 192 valence electrons. The molecule has 1 amide bonds. The van der Waals surface area contributed by atoms with E-state index in [1.54, 1.807) is 0 Å². The summed E-state index contributed by atoms with van der Waals surface area (Å²) in [5.74, 6) is 3.39. The summed E-state index contributed by atoms with van der Waals surface area (Å²) in [5, 5.41) is 26.8. The molecule has 4 rings (SSSR count). The lowest BCUT2D eigenvalue weighted by atomic mass is 9.46. The Bertz CT molecular complexity index is 951. The molecule has 4 aliphatic rings. The molecule has 3 fully saturated rings. The third-order valence-corrected chi connectivity index (χ3v) is 9.88. The molecule has 7 nitrogen and oxygen atoms in total. The van der Waals surface area contributed by atoms with Crippen LogP contribution in [0.4, 0.5) is 0 Å². The number of aliphatic hydroxyl groups is 1. The summed E-state index contributed by atoms with van der Waals surface area (Å²) in [5.41, 5.74) is 1.35. The van der Waals surface area contributed by atoms with Crippen LogP contribution in [0.2, 0.25) is 0 Å². The summed E-state index contributed by atoms with van der Waals surface area (Å²) < 4.78 is 0. The van der Waals surface area contributed by atoms with E-state index in [-0.39, 0.29) is 29.8 Å². The van der Waals surface area contributed by atoms with Gasteiger partial charge in [-0.15, -0.1) is 6.42 Å². The summed E-state index contributed by atoms with van der Waals surface area (Å²) in [6.45, 7) is 4.95. The van der Waals surface area contributed by atoms with Gasteiger partial charge in [-0.2, -0.15) is 0 Å². The van der Waals surface area contributed by atoms with E-state index in [2.05, 4.69) is 36.3 Å². The number of carboxylic acid groups (broad SMARTS) is 1. The summed E-state index contributed by atoms with van der Waals surface area (Å²) in [6.07, 6.45) is 17.1. The van der Waals surface area contributed by atoms with E-state index in [1.165, 1.54) is 5.57 Å². The number of amides is 1. The van der Waals surface area contributed by atoms with Crippen LogP contribution in [-0.4, -0.2) is 46.6 Å². The number of hydrogen-bond donors (Lipinski definition) is 3. The Balaban J connectivity index is 1.33. The number of hydrogen-bond acceptors (Lipinski definition) is 5. The number of nitrogens with one attached hydrogen (secondary N) is 1. The molecule has 6 atom stereocenters. The lowest BCUT2D eigenvalue weighted by Gasteiger charge is -2.58. The molecule has 0 saturated heterocycles. The van der Waals surface area contributed by atoms with Gasteiger partial charge in [0, 0.05) is 18.4 Å². The number of carbonyl (C=O) groups is 2. The van der Waals surface area contributed by atoms with Crippen LogP contribution < -0.4 is 5.32 Å². The monoisotopic (exact) mass is 484 g/mol. The lowest BCUT2D eigenvalue weighted by molar-refractivity contribution is -0.137. The van der Waals surface area contributed by atoms with Crippen molar-refractivity contribution in [2.45, 2.75) is 90.1 Å². The topological polar surface area (TPSA) is 108 Å². The largest absolute Gasteiger partial charge is 0.481 e. The maximum absolute atomic E-state index is 11.9. The molecule has 0 aliphatic heterocycles. The van der Waals surface area contributed by atoms with Crippen LogP contribution in [0.3, 0.4) is 0 Å². The van der Waals surface area contributed by atoms with Crippen LogP contribution in [0, 0.1) is 40.9 Å². The van der Waals surface area contributed by atoms with Gasteiger partial charge in [-0.25, -0.2) is 0 Å². The first-order valence-corrected chi connectivity index (χ1v) is 13.2. The van der Waals surface area contributed by atoms with Gasteiger partial charge in [-0.05, 0) is 93.5 Å². The van der Waals surface area contributed by atoms with Crippen molar-refractivity contribution in [2.75, 3.05) is 13.2 Å². The highest BCUT2D eigenvalue weighted by molar-refractivity contribution is 5.96. The number of fused-ring (bicyclic) bond motifs is 5. The van der Waals surface area contributed by atoms with Gasteiger partial charge in [0.05, 0.1) is 5.71 Å². The fourth-order valence-electron chi connectivity index (χ4n) is 7.75. The molecule has 0 heterocycles. The van der Waals surface area contributed by atoms with Crippen LogP contribution >= 0.6 is 0 Å². The van der Waals surface area contributed by atoms with Crippen molar-refractivity contribution in [1.29, 1.82) is 0 Å². The zero-order chi connectivity index (χ0) is 25.3. The molecule has 4 aliphatic carbocycles. The second kappa shape index (κ2) is 9.97. The average Bonchev–Trinajstić information content (AvgIpc) is 3.10. The van der Waals surface area contributed by atoms with Crippen LogP contribution in [0.25, 0.3) is 0 Å². The molecule has 0 aromatic rings. The van der Waals surface area contributed by atoms with E-state index in [1.807, 2.05) is 0 Å². The second-order valence-corrected chi connectivity index (χ2v) is 11.6. The van der Waals surface area contributed by atoms with Gasteiger partial charge in [0.2, 0.25) is 0 Å². The Kier molecular flexibility index (Phi) is 7.33. The van der Waals surface area contributed by atoms with Crippen LogP contribution in [0.1, 0.15) is 84.5 Å². The zero-order valence-electron chi connectivity index (χ0n) is 21.1. The molecule has 3 saturated carbocycles. The minimum atomic E-state index is -0.964. The predicted octanol–water partition coefficient (Wildman–Crippen LogP) is 4.06. The fraction of sp³-hybridized carbons (Fsp3) is 0.750. The SMILES string of the molecule is C#C[C@]1(O)CC[C@@H]2[C@H]3CCC4=C/C(=N/OCC(=O)NCCCCC(=O)O)CC[C@]4(C)[C@@H]3CC[C@@]21C. The maximum Gasteiger partial charge on any atom is 0.303 e. The quantitative estimate of drug-likeness (QED) is 0.274. The van der Waals surface area contributed by atoms with E-state index in [0.29, 0.717) is 37.1 Å². The molecule has 0 aromatic heterocycles. The van der Waals surface area contributed by atoms with Crippen LogP contribution in [0.5, 0.6) is 0 Å².